The van der Waals surface area contributed by atoms with Gasteiger partial charge in [-0.25, -0.2) is 4.74 Å². The topological polar surface area (TPSA) is 91.8 Å². The molecule has 1 unspecified atom stereocenters. The number of rotatable bonds is 8. The van der Waals surface area contributed by atoms with Crippen LogP contribution < -0.4 is 14.7 Å². The van der Waals surface area contributed by atoms with Crippen molar-refractivity contribution in [3.8, 4) is 11.5 Å². The van der Waals surface area contributed by atoms with E-state index in [9.17, 15) is 10.1 Å². The van der Waals surface area contributed by atoms with E-state index in [2.05, 4.69) is 43.6 Å². The van der Waals surface area contributed by atoms with Crippen molar-refractivity contribution in [3.05, 3.63) is 81.3 Å². The molecule has 0 spiro atoms. The molecule has 10 heteroatoms. The zero-order valence-corrected chi connectivity index (χ0v) is 24.0. The molecule has 0 amide bonds. The molecule has 1 heterocycles. The van der Waals surface area contributed by atoms with Gasteiger partial charge < -0.3 is 9.26 Å². The van der Waals surface area contributed by atoms with Crippen LogP contribution in [0.15, 0.2) is 75.9 Å². The van der Waals surface area contributed by atoms with E-state index in [4.69, 9.17) is 19.1 Å². The van der Waals surface area contributed by atoms with Gasteiger partial charge in [-0.1, -0.05) is 67.9 Å². The Morgan fingerprint density at radius 3 is 2.51 bits per heavy atom. The molecule has 4 rings (SSSR count). The average Bonchev–Trinajstić information content (AvgIpc) is 3.21. The highest BCUT2D eigenvalue weighted by atomic mass is 79.9. The number of nitro benzene ring substituents is 1. The van der Waals surface area contributed by atoms with E-state index in [1.54, 1.807) is 6.07 Å². The van der Waals surface area contributed by atoms with Gasteiger partial charge in [-0.15, -0.1) is 0 Å². The predicted molar refractivity (Wildman–Crippen MR) is 153 cm³/mol. The maximum Gasteiger partial charge on any atom is 0.271 e. The molecule has 37 heavy (non-hydrogen) atoms. The fourth-order valence-electron chi connectivity index (χ4n) is 4.17. The minimum Gasteiger partial charge on any atom is -0.494 e. The molecule has 0 bridgehead atoms. The SMILES string of the molecule is CCCn1nc2ccccc2c1P(=Nc1cc([N+](=O)[O-])ccc1OC)(Oc1cccc(Br)c1)C(C)(C)C. The smallest absolute Gasteiger partial charge is 0.271 e. The van der Waals surface area contributed by atoms with Crippen LogP contribution in [0.4, 0.5) is 11.4 Å². The van der Waals surface area contributed by atoms with Crippen LogP contribution in [-0.4, -0.2) is 27.0 Å². The standard InChI is InChI=1S/C27H30BrN4O4P/c1-6-16-31-26(22-12-7-8-13-23(22)29-31)37(27(2,3)4,36-21-11-9-10-19(28)17-21)30-24-18-20(32(33)34)14-15-25(24)35-5/h7-15,17-18H,6,16H2,1-5H3. The molecule has 0 aliphatic heterocycles. The summed E-state index contributed by atoms with van der Waals surface area (Å²) in [6.45, 7) is 9.03. The fraction of sp³-hybridized carbons (Fsp3) is 0.296. The third-order valence-electron chi connectivity index (χ3n) is 5.91. The molecule has 1 aromatic heterocycles. The summed E-state index contributed by atoms with van der Waals surface area (Å²) in [5.74, 6) is 1.07. The summed E-state index contributed by atoms with van der Waals surface area (Å²) in [5, 5.41) is 17.0. The van der Waals surface area contributed by atoms with Crippen molar-refractivity contribution in [2.75, 3.05) is 7.11 Å². The minimum absolute atomic E-state index is 0.0686. The van der Waals surface area contributed by atoms with Gasteiger partial charge in [-0.3, -0.25) is 14.8 Å². The van der Waals surface area contributed by atoms with Gasteiger partial charge >= 0.3 is 0 Å². The summed E-state index contributed by atoms with van der Waals surface area (Å²) in [6, 6.07) is 20.0. The highest BCUT2D eigenvalue weighted by Crippen LogP contribution is 2.63. The molecule has 0 aliphatic rings. The van der Waals surface area contributed by atoms with E-state index in [0.717, 1.165) is 27.2 Å². The van der Waals surface area contributed by atoms with Gasteiger partial charge in [0.15, 0.2) is 7.28 Å². The quantitative estimate of drug-likeness (QED) is 0.118. The van der Waals surface area contributed by atoms with Crippen molar-refractivity contribution >= 4 is 50.9 Å². The van der Waals surface area contributed by atoms with E-state index >= 15 is 0 Å². The average molecular weight is 585 g/mol. The number of ether oxygens (including phenoxy) is 1. The Morgan fingerprint density at radius 2 is 1.86 bits per heavy atom. The van der Waals surface area contributed by atoms with Crippen LogP contribution in [0.25, 0.3) is 10.9 Å². The summed E-state index contributed by atoms with van der Waals surface area (Å²) < 4.78 is 20.8. The molecule has 0 N–H and O–H groups in total. The number of methoxy groups -OCH3 is 1. The Labute approximate surface area is 225 Å². The van der Waals surface area contributed by atoms with Crippen LogP contribution >= 0.6 is 23.2 Å². The van der Waals surface area contributed by atoms with Gasteiger partial charge in [0.2, 0.25) is 0 Å². The number of nitrogens with zero attached hydrogens (tertiary/aromatic N) is 4. The van der Waals surface area contributed by atoms with Gasteiger partial charge in [0.1, 0.15) is 22.6 Å². The van der Waals surface area contributed by atoms with Crippen LogP contribution in [0.1, 0.15) is 34.1 Å². The number of fused-ring (bicyclic) bond motifs is 1. The second-order valence-corrected chi connectivity index (χ2v) is 13.8. The Morgan fingerprint density at radius 1 is 1.11 bits per heavy atom. The van der Waals surface area contributed by atoms with Gasteiger partial charge in [0, 0.05) is 33.7 Å². The number of benzene rings is 3. The first kappa shape index (κ1) is 26.9. The zero-order chi connectivity index (χ0) is 26.8. The van der Waals surface area contributed by atoms with E-state index < -0.39 is 17.4 Å². The normalized spacial score (nSPS) is 13.2. The molecule has 4 aromatic rings. The zero-order valence-electron chi connectivity index (χ0n) is 21.5. The van der Waals surface area contributed by atoms with Crippen LogP contribution in [0.3, 0.4) is 0 Å². The van der Waals surface area contributed by atoms with Crippen molar-refractivity contribution < 1.29 is 14.2 Å². The van der Waals surface area contributed by atoms with Crippen molar-refractivity contribution in [2.24, 2.45) is 4.74 Å². The highest BCUT2D eigenvalue weighted by Gasteiger charge is 2.43. The maximum atomic E-state index is 11.7. The van der Waals surface area contributed by atoms with Gasteiger partial charge in [-0.2, -0.15) is 5.10 Å². The lowest BCUT2D eigenvalue weighted by atomic mass is 10.2. The van der Waals surface area contributed by atoms with E-state index in [-0.39, 0.29) is 5.69 Å². The first-order valence-electron chi connectivity index (χ1n) is 12.0. The van der Waals surface area contributed by atoms with Crippen molar-refractivity contribution in [3.63, 3.8) is 0 Å². The Hall–Kier alpha value is -3.16. The molecular formula is C27H30BrN4O4P. The Balaban J connectivity index is 2.18. The van der Waals surface area contributed by atoms with Crippen molar-refractivity contribution in [1.29, 1.82) is 0 Å². The summed E-state index contributed by atoms with van der Waals surface area (Å²) in [4.78, 5) is 11.2. The lowest BCUT2D eigenvalue weighted by molar-refractivity contribution is -0.384. The van der Waals surface area contributed by atoms with Gasteiger partial charge in [0.05, 0.1) is 17.5 Å². The number of aryl methyl sites for hydroxylation is 1. The van der Waals surface area contributed by atoms with E-state index in [0.29, 0.717) is 23.7 Å². The molecule has 0 saturated carbocycles. The Bertz CT molecular complexity index is 1510. The number of halogens is 1. The monoisotopic (exact) mass is 584 g/mol. The largest absolute Gasteiger partial charge is 0.494 e. The van der Waals surface area contributed by atoms with Gasteiger partial charge in [0.25, 0.3) is 5.69 Å². The number of nitro groups is 1. The second-order valence-electron chi connectivity index (χ2n) is 9.57. The number of hydrogen-bond acceptors (Lipinski definition) is 6. The van der Waals surface area contributed by atoms with Crippen LogP contribution in [-0.2, 0) is 6.54 Å². The number of aromatic nitrogens is 2. The molecule has 3 aromatic carbocycles. The van der Waals surface area contributed by atoms with Gasteiger partial charge in [-0.05, 0) is 36.8 Å². The molecule has 0 radical (unpaired) electrons. The molecule has 0 saturated heterocycles. The summed E-state index contributed by atoms with van der Waals surface area (Å²) >= 11 is 3.55. The molecule has 194 valence electrons. The third-order valence-corrected chi connectivity index (χ3v) is 10.2. The number of hydrogen-bond donors (Lipinski definition) is 0. The first-order chi connectivity index (χ1) is 17.6. The predicted octanol–water partition coefficient (Wildman–Crippen LogP) is 8.08. The second kappa shape index (κ2) is 10.7. The molecule has 0 fully saturated rings. The lowest BCUT2D eigenvalue weighted by Gasteiger charge is -2.37. The summed E-state index contributed by atoms with van der Waals surface area (Å²) in [6.07, 6.45) is 0.863. The molecular weight excluding hydrogens is 555 g/mol. The van der Waals surface area contributed by atoms with E-state index in [1.807, 2.05) is 53.2 Å². The van der Waals surface area contributed by atoms with Crippen molar-refractivity contribution in [1.82, 2.24) is 9.78 Å². The summed E-state index contributed by atoms with van der Waals surface area (Å²) in [7, 11) is -1.52. The lowest BCUT2D eigenvalue weighted by Crippen LogP contribution is -2.32. The van der Waals surface area contributed by atoms with Crippen LogP contribution in [0.2, 0.25) is 0 Å². The fourth-order valence-corrected chi connectivity index (χ4v) is 7.83. The third kappa shape index (κ3) is 5.29. The van der Waals surface area contributed by atoms with Crippen LogP contribution in [0, 0.1) is 10.1 Å². The molecule has 8 nitrogen and oxygen atoms in total. The van der Waals surface area contributed by atoms with Crippen LogP contribution in [0.5, 0.6) is 11.5 Å². The highest BCUT2D eigenvalue weighted by molar-refractivity contribution is 9.10. The molecule has 1 atom stereocenters. The number of non-ortho nitro benzene ring substituents is 1. The summed E-state index contributed by atoms with van der Waals surface area (Å²) in [5.41, 5.74) is 2.02. The first-order valence-corrected chi connectivity index (χ1v) is 14.4. The van der Waals surface area contributed by atoms with Crippen molar-refractivity contribution in [2.45, 2.75) is 45.8 Å². The molecule has 0 aliphatic carbocycles. The Kier molecular flexibility index (Phi) is 7.76. The maximum absolute atomic E-state index is 11.7. The van der Waals surface area contributed by atoms with E-state index in [1.165, 1.54) is 19.2 Å². The minimum atomic E-state index is -3.05.